The number of carbonyl (C=O) groups excluding carboxylic acids is 4. The number of esters is 4. The SMILES string of the molecule is CCOC(=O)/C=C/C(=O)OCCC(=O)OC(=O)CC1CCCC1. The van der Waals surface area contributed by atoms with Crippen molar-refractivity contribution < 1.29 is 33.4 Å². The minimum atomic E-state index is -0.775. The van der Waals surface area contributed by atoms with Crippen molar-refractivity contribution in [3.05, 3.63) is 12.2 Å². The van der Waals surface area contributed by atoms with Gasteiger partial charge < -0.3 is 14.2 Å². The summed E-state index contributed by atoms with van der Waals surface area (Å²) in [6.07, 6.45) is 6.11. The largest absolute Gasteiger partial charge is 0.463 e. The Morgan fingerprint density at radius 2 is 1.57 bits per heavy atom. The molecule has 1 saturated carbocycles. The summed E-state index contributed by atoms with van der Waals surface area (Å²) in [6, 6.07) is 0. The number of hydrogen-bond acceptors (Lipinski definition) is 7. The van der Waals surface area contributed by atoms with Gasteiger partial charge in [0.15, 0.2) is 0 Å². The van der Waals surface area contributed by atoms with Gasteiger partial charge in [-0.2, -0.15) is 0 Å². The second-order valence-corrected chi connectivity index (χ2v) is 5.20. The summed E-state index contributed by atoms with van der Waals surface area (Å²) in [4.78, 5) is 45.2. The molecule has 1 fully saturated rings. The van der Waals surface area contributed by atoms with Gasteiger partial charge in [-0.3, -0.25) is 9.59 Å². The maximum Gasteiger partial charge on any atom is 0.331 e. The van der Waals surface area contributed by atoms with Gasteiger partial charge in [0.05, 0.1) is 13.0 Å². The van der Waals surface area contributed by atoms with Crippen LogP contribution in [0.5, 0.6) is 0 Å². The van der Waals surface area contributed by atoms with E-state index in [1.165, 1.54) is 0 Å². The summed E-state index contributed by atoms with van der Waals surface area (Å²) in [5.74, 6) is -2.38. The van der Waals surface area contributed by atoms with Crippen molar-refractivity contribution in [2.45, 2.75) is 45.4 Å². The van der Waals surface area contributed by atoms with E-state index in [0.717, 1.165) is 37.8 Å². The monoisotopic (exact) mass is 326 g/mol. The van der Waals surface area contributed by atoms with Crippen molar-refractivity contribution >= 4 is 23.9 Å². The van der Waals surface area contributed by atoms with Gasteiger partial charge in [0, 0.05) is 18.6 Å². The molecule has 0 saturated heterocycles. The number of rotatable bonds is 8. The molecule has 0 radical (unpaired) electrons. The summed E-state index contributed by atoms with van der Waals surface area (Å²) < 4.78 is 14.0. The van der Waals surface area contributed by atoms with Crippen LogP contribution in [0.3, 0.4) is 0 Å². The van der Waals surface area contributed by atoms with Crippen LogP contribution in [0.2, 0.25) is 0 Å². The zero-order chi connectivity index (χ0) is 17.1. The topological polar surface area (TPSA) is 96.0 Å². The predicted molar refractivity (Wildman–Crippen MR) is 79.0 cm³/mol. The minimum Gasteiger partial charge on any atom is -0.463 e. The number of hydrogen-bond donors (Lipinski definition) is 0. The van der Waals surface area contributed by atoms with Crippen LogP contribution in [0.4, 0.5) is 0 Å². The third kappa shape index (κ3) is 8.75. The smallest absolute Gasteiger partial charge is 0.331 e. The highest BCUT2D eigenvalue weighted by atomic mass is 16.6. The molecule has 7 nitrogen and oxygen atoms in total. The summed E-state index contributed by atoms with van der Waals surface area (Å²) in [6.45, 7) is 1.63. The van der Waals surface area contributed by atoms with Crippen LogP contribution in [-0.4, -0.2) is 37.1 Å². The lowest BCUT2D eigenvalue weighted by molar-refractivity contribution is -0.161. The summed E-state index contributed by atoms with van der Waals surface area (Å²) in [5, 5.41) is 0. The van der Waals surface area contributed by atoms with E-state index >= 15 is 0 Å². The number of carbonyl (C=O) groups is 4. The first-order chi connectivity index (χ1) is 11.0. The molecule has 7 heteroatoms. The molecule has 0 heterocycles. The molecule has 0 N–H and O–H groups in total. The average molecular weight is 326 g/mol. The first-order valence-corrected chi connectivity index (χ1v) is 7.76. The molecule has 0 bridgehead atoms. The fourth-order valence-corrected chi connectivity index (χ4v) is 2.28. The van der Waals surface area contributed by atoms with E-state index in [1.54, 1.807) is 6.92 Å². The first-order valence-electron chi connectivity index (χ1n) is 7.76. The van der Waals surface area contributed by atoms with Gasteiger partial charge in [-0.1, -0.05) is 12.8 Å². The molecule has 23 heavy (non-hydrogen) atoms. The highest BCUT2D eigenvalue weighted by Crippen LogP contribution is 2.27. The molecule has 0 aromatic carbocycles. The molecule has 1 rings (SSSR count). The Bertz CT molecular complexity index is 461. The molecule has 0 amide bonds. The van der Waals surface area contributed by atoms with Crippen LogP contribution >= 0.6 is 0 Å². The highest BCUT2D eigenvalue weighted by molar-refractivity contribution is 5.91. The van der Waals surface area contributed by atoms with E-state index in [9.17, 15) is 19.2 Å². The maximum absolute atomic E-state index is 11.5. The molecule has 0 aromatic rings. The van der Waals surface area contributed by atoms with Gasteiger partial charge in [-0.25, -0.2) is 9.59 Å². The van der Waals surface area contributed by atoms with Gasteiger partial charge in [0.2, 0.25) is 0 Å². The highest BCUT2D eigenvalue weighted by Gasteiger charge is 2.20. The zero-order valence-corrected chi connectivity index (χ0v) is 13.2. The minimum absolute atomic E-state index is 0.207. The van der Waals surface area contributed by atoms with Crippen LogP contribution in [0.1, 0.15) is 45.4 Å². The standard InChI is InChI=1S/C16H22O7/c1-2-21-13(17)7-8-14(18)22-10-9-15(19)23-16(20)11-12-5-3-4-6-12/h7-8,12H,2-6,9-11H2,1H3/b8-7+. The van der Waals surface area contributed by atoms with Crippen LogP contribution in [-0.2, 0) is 33.4 Å². The Morgan fingerprint density at radius 1 is 0.957 bits per heavy atom. The van der Waals surface area contributed by atoms with Gasteiger partial charge in [0.25, 0.3) is 0 Å². The fraction of sp³-hybridized carbons (Fsp3) is 0.625. The third-order valence-electron chi connectivity index (χ3n) is 3.35. The van der Waals surface area contributed by atoms with Gasteiger partial charge in [-0.05, 0) is 25.7 Å². The van der Waals surface area contributed by atoms with Crippen LogP contribution in [0.25, 0.3) is 0 Å². The molecule has 0 unspecified atom stereocenters. The molecule has 128 valence electrons. The van der Waals surface area contributed by atoms with Crippen molar-refractivity contribution in [2.75, 3.05) is 13.2 Å². The lowest BCUT2D eigenvalue weighted by Gasteiger charge is -2.07. The Kier molecular flexibility index (Phi) is 8.64. The van der Waals surface area contributed by atoms with E-state index in [1.807, 2.05) is 0 Å². The van der Waals surface area contributed by atoms with E-state index < -0.39 is 23.9 Å². The Balaban J connectivity index is 2.14. The molecule has 0 aliphatic heterocycles. The van der Waals surface area contributed by atoms with Crippen molar-refractivity contribution in [2.24, 2.45) is 5.92 Å². The molecular formula is C16H22O7. The molecule has 0 spiro atoms. The maximum atomic E-state index is 11.5. The molecule has 0 atom stereocenters. The lowest BCUT2D eigenvalue weighted by Crippen LogP contribution is -2.17. The Morgan fingerprint density at radius 3 is 2.17 bits per heavy atom. The second-order valence-electron chi connectivity index (χ2n) is 5.20. The van der Waals surface area contributed by atoms with E-state index in [0.29, 0.717) is 5.92 Å². The van der Waals surface area contributed by atoms with Crippen molar-refractivity contribution in [1.82, 2.24) is 0 Å². The van der Waals surface area contributed by atoms with E-state index in [2.05, 4.69) is 9.47 Å². The van der Waals surface area contributed by atoms with Gasteiger partial charge in [-0.15, -0.1) is 0 Å². The van der Waals surface area contributed by atoms with Crippen molar-refractivity contribution in [3.8, 4) is 0 Å². The van der Waals surface area contributed by atoms with Crippen LogP contribution in [0, 0.1) is 5.92 Å². The quantitative estimate of drug-likeness (QED) is 0.290. The van der Waals surface area contributed by atoms with Crippen LogP contribution < -0.4 is 0 Å². The lowest BCUT2D eigenvalue weighted by atomic mass is 10.0. The second kappa shape index (κ2) is 10.5. The molecular weight excluding hydrogens is 304 g/mol. The third-order valence-corrected chi connectivity index (χ3v) is 3.35. The van der Waals surface area contributed by atoms with Crippen molar-refractivity contribution in [3.63, 3.8) is 0 Å². The van der Waals surface area contributed by atoms with E-state index in [4.69, 9.17) is 4.74 Å². The Labute approximate surface area is 135 Å². The first kappa shape index (κ1) is 18.9. The fourth-order valence-electron chi connectivity index (χ4n) is 2.28. The average Bonchev–Trinajstić information content (AvgIpc) is 2.98. The molecule has 1 aliphatic carbocycles. The van der Waals surface area contributed by atoms with Crippen molar-refractivity contribution in [1.29, 1.82) is 0 Å². The predicted octanol–water partition coefficient (Wildman–Crippen LogP) is 1.69. The summed E-state index contributed by atoms with van der Waals surface area (Å²) in [5.41, 5.74) is 0. The van der Waals surface area contributed by atoms with Gasteiger partial charge in [0.1, 0.15) is 6.61 Å². The number of ether oxygens (including phenoxy) is 3. The normalized spacial score (nSPS) is 14.7. The Hall–Kier alpha value is -2.18. The van der Waals surface area contributed by atoms with E-state index in [-0.39, 0.29) is 26.1 Å². The molecule has 0 aromatic heterocycles. The van der Waals surface area contributed by atoms with Crippen LogP contribution in [0.15, 0.2) is 12.2 Å². The summed E-state index contributed by atoms with van der Waals surface area (Å²) in [7, 11) is 0. The summed E-state index contributed by atoms with van der Waals surface area (Å²) >= 11 is 0. The molecule has 1 aliphatic rings. The van der Waals surface area contributed by atoms with Gasteiger partial charge >= 0.3 is 23.9 Å². The zero-order valence-electron chi connectivity index (χ0n) is 13.2.